The predicted octanol–water partition coefficient (Wildman–Crippen LogP) is 2.67. The molecule has 0 saturated heterocycles. The molecular weight excluding hydrogens is 132 g/mol. The second kappa shape index (κ2) is 3.52. The normalized spacial score (nSPS) is 36.3. The highest BCUT2D eigenvalue weighted by Gasteiger charge is 1.93. The lowest BCUT2D eigenvalue weighted by Crippen LogP contribution is -1.89. The molecule has 0 heterocycles. The molecule has 0 aromatic heterocycles. The van der Waals surface area contributed by atoms with Gasteiger partial charge >= 0.3 is 0 Å². The maximum atomic E-state index is 5.82. The first kappa shape index (κ1) is 6.63. The Morgan fingerprint density at radius 2 is 1.89 bits per heavy atom. The number of hydrogen-bond donors (Lipinski definition) is 0. The zero-order chi connectivity index (χ0) is 6.53. The van der Waals surface area contributed by atoms with Gasteiger partial charge in [0.1, 0.15) is 0 Å². The average molecular weight is 141 g/mol. The van der Waals surface area contributed by atoms with Crippen molar-refractivity contribution in [2.75, 3.05) is 0 Å². The Labute approximate surface area is 60.5 Å². The SMILES string of the molecule is ClC1\C=C/C=C\C=C/C1. The van der Waals surface area contributed by atoms with Crippen molar-refractivity contribution < 1.29 is 0 Å². The highest BCUT2D eigenvalue weighted by Crippen LogP contribution is 2.06. The Kier molecular flexibility index (Phi) is 2.59. The van der Waals surface area contributed by atoms with Gasteiger partial charge < -0.3 is 0 Å². The van der Waals surface area contributed by atoms with Gasteiger partial charge in [-0.2, -0.15) is 0 Å². The zero-order valence-corrected chi connectivity index (χ0v) is 5.88. The van der Waals surface area contributed by atoms with E-state index in [1.165, 1.54) is 0 Å². The van der Waals surface area contributed by atoms with Crippen LogP contribution in [0.15, 0.2) is 36.5 Å². The molecule has 1 unspecified atom stereocenters. The van der Waals surface area contributed by atoms with Crippen molar-refractivity contribution in [2.24, 2.45) is 0 Å². The van der Waals surface area contributed by atoms with Gasteiger partial charge in [0.05, 0.1) is 5.38 Å². The molecule has 0 saturated carbocycles. The molecule has 0 aliphatic heterocycles. The van der Waals surface area contributed by atoms with E-state index >= 15 is 0 Å². The number of rotatable bonds is 0. The van der Waals surface area contributed by atoms with Crippen LogP contribution < -0.4 is 0 Å². The summed E-state index contributed by atoms with van der Waals surface area (Å²) in [6.45, 7) is 0. The van der Waals surface area contributed by atoms with Crippen molar-refractivity contribution in [3.8, 4) is 0 Å². The Bertz CT molecular complexity index is 154. The molecule has 0 fully saturated rings. The topological polar surface area (TPSA) is 0 Å². The van der Waals surface area contributed by atoms with Crippen molar-refractivity contribution >= 4 is 11.6 Å². The van der Waals surface area contributed by atoms with E-state index in [-0.39, 0.29) is 5.38 Å². The van der Waals surface area contributed by atoms with Crippen LogP contribution in [0.4, 0.5) is 0 Å². The number of alkyl halides is 1. The molecule has 1 heteroatoms. The molecule has 1 aliphatic carbocycles. The summed E-state index contributed by atoms with van der Waals surface area (Å²) in [6.07, 6.45) is 13.0. The molecule has 0 radical (unpaired) electrons. The second-order valence-corrected chi connectivity index (χ2v) is 2.51. The second-order valence-electron chi connectivity index (χ2n) is 1.95. The van der Waals surface area contributed by atoms with Crippen LogP contribution in [-0.4, -0.2) is 5.38 Å². The minimum absolute atomic E-state index is 0.172. The summed E-state index contributed by atoms with van der Waals surface area (Å²) < 4.78 is 0. The summed E-state index contributed by atoms with van der Waals surface area (Å²) in [5.74, 6) is 0. The van der Waals surface area contributed by atoms with Gasteiger partial charge in [0, 0.05) is 0 Å². The zero-order valence-electron chi connectivity index (χ0n) is 5.13. The molecule has 0 N–H and O–H groups in total. The maximum Gasteiger partial charge on any atom is 0.0553 e. The minimum atomic E-state index is 0.172. The highest BCUT2D eigenvalue weighted by molar-refractivity contribution is 6.21. The van der Waals surface area contributed by atoms with E-state index in [2.05, 4.69) is 6.08 Å². The van der Waals surface area contributed by atoms with Crippen LogP contribution in [0.2, 0.25) is 0 Å². The predicted molar refractivity (Wildman–Crippen MR) is 41.7 cm³/mol. The van der Waals surface area contributed by atoms with E-state index in [4.69, 9.17) is 11.6 Å². The minimum Gasteiger partial charge on any atom is -0.118 e. The van der Waals surface area contributed by atoms with Crippen molar-refractivity contribution in [1.82, 2.24) is 0 Å². The van der Waals surface area contributed by atoms with Crippen LogP contribution in [0.25, 0.3) is 0 Å². The lowest BCUT2D eigenvalue weighted by molar-refractivity contribution is 1.06. The molecule has 1 aliphatic rings. The molecule has 1 rings (SSSR count). The summed E-state index contributed by atoms with van der Waals surface area (Å²) in [4.78, 5) is 0. The van der Waals surface area contributed by atoms with Crippen molar-refractivity contribution in [2.45, 2.75) is 11.8 Å². The lowest BCUT2D eigenvalue weighted by atomic mass is 10.2. The van der Waals surface area contributed by atoms with E-state index in [1.54, 1.807) is 0 Å². The fraction of sp³-hybridized carbons (Fsp3) is 0.250. The molecule has 0 aromatic rings. The van der Waals surface area contributed by atoms with E-state index in [0.717, 1.165) is 6.42 Å². The van der Waals surface area contributed by atoms with Crippen molar-refractivity contribution in [3.05, 3.63) is 36.5 Å². The van der Waals surface area contributed by atoms with Gasteiger partial charge in [0.25, 0.3) is 0 Å². The fourth-order valence-corrected chi connectivity index (χ4v) is 0.866. The third kappa shape index (κ3) is 2.52. The van der Waals surface area contributed by atoms with E-state index in [0.29, 0.717) is 0 Å². The lowest BCUT2D eigenvalue weighted by Gasteiger charge is -1.97. The number of allylic oxidation sites excluding steroid dienone is 6. The first-order valence-corrected chi connectivity index (χ1v) is 3.47. The van der Waals surface area contributed by atoms with Gasteiger partial charge in [0.15, 0.2) is 0 Å². The van der Waals surface area contributed by atoms with Crippen LogP contribution in [0, 0.1) is 0 Å². The van der Waals surface area contributed by atoms with Crippen LogP contribution in [0.5, 0.6) is 0 Å². The molecule has 9 heavy (non-hydrogen) atoms. The third-order valence-corrected chi connectivity index (χ3v) is 1.47. The van der Waals surface area contributed by atoms with Gasteiger partial charge in [-0.15, -0.1) is 11.6 Å². The van der Waals surface area contributed by atoms with Gasteiger partial charge in [-0.25, -0.2) is 0 Å². The fourth-order valence-electron chi connectivity index (χ4n) is 0.679. The quantitative estimate of drug-likeness (QED) is 0.454. The summed E-state index contributed by atoms with van der Waals surface area (Å²) in [6, 6.07) is 0. The van der Waals surface area contributed by atoms with E-state index in [1.807, 2.05) is 30.4 Å². The van der Waals surface area contributed by atoms with Crippen molar-refractivity contribution in [1.29, 1.82) is 0 Å². The van der Waals surface area contributed by atoms with E-state index < -0.39 is 0 Å². The highest BCUT2D eigenvalue weighted by atomic mass is 35.5. The molecule has 0 spiro atoms. The maximum absolute atomic E-state index is 5.82. The molecule has 48 valence electrons. The smallest absolute Gasteiger partial charge is 0.0553 e. The van der Waals surface area contributed by atoms with Crippen LogP contribution >= 0.6 is 11.6 Å². The Morgan fingerprint density at radius 3 is 2.78 bits per heavy atom. The summed E-state index contributed by atoms with van der Waals surface area (Å²) in [5.41, 5.74) is 0. The largest absolute Gasteiger partial charge is 0.118 e. The Morgan fingerprint density at radius 1 is 1.11 bits per heavy atom. The first-order valence-electron chi connectivity index (χ1n) is 3.03. The van der Waals surface area contributed by atoms with Crippen LogP contribution in [0.1, 0.15) is 6.42 Å². The standard InChI is InChI=1S/C8H9Cl/c9-8-6-4-2-1-3-5-7-8/h1-6,8H,7H2/b2-1-,5-3-,6-4-. The monoisotopic (exact) mass is 140 g/mol. The molecule has 0 amide bonds. The average Bonchev–Trinajstić information content (AvgIpc) is 1.79. The van der Waals surface area contributed by atoms with Crippen molar-refractivity contribution in [3.63, 3.8) is 0 Å². The summed E-state index contributed by atoms with van der Waals surface area (Å²) >= 11 is 5.82. The molecule has 0 aromatic carbocycles. The Balaban J connectivity index is 2.59. The van der Waals surface area contributed by atoms with E-state index in [9.17, 15) is 0 Å². The van der Waals surface area contributed by atoms with Crippen LogP contribution in [-0.2, 0) is 0 Å². The molecular formula is C8H9Cl. The summed E-state index contributed by atoms with van der Waals surface area (Å²) in [7, 11) is 0. The van der Waals surface area contributed by atoms with Gasteiger partial charge in [0.2, 0.25) is 0 Å². The number of halogens is 1. The Hall–Kier alpha value is -0.490. The van der Waals surface area contributed by atoms with Gasteiger partial charge in [-0.1, -0.05) is 36.5 Å². The molecule has 0 bridgehead atoms. The van der Waals surface area contributed by atoms with Gasteiger partial charge in [-0.3, -0.25) is 0 Å². The first-order chi connectivity index (χ1) is 4.39. The molecule has 1 atom stereocenters. The third-order valence-electron chi connectivity index (χ3n) is 1.15. The summed E-state index contributed by atoms with van der Waals surface area (Å²) in [5, 5.41) is 0.172. The van der Waals surface area contributed by atoms with Gasteiger partial charge in [-0.05, 0) is 6.42 Å². The number of hydrogen-bond acceptors (Lipinski definition) is 0. The van der Waals surface area contributed by atoms with Crippen LogP contribution in [0.3, 0.4) is 0 Å². The molecule has 0 nitrogen and oxygen atoms in total.